The molecule has 102 valence electrons. The summed E-state index contributed by atoms with van der Waals surface area (Å²) in [6, 6.07) is 3.88. The second-order valence-electron chi connectivity index (χ2n) is 4.67. The van der Waals surface area contributed by atoms with Crippen molar-refractivity contribution in [3.63, 3.8) is 0 Å². The van der Waals surface area contributed by atoms with Gasteiger partial charge in [-0.1, -0.05) is 24.9 Å². The van der Waals surface area contributed by atoms with Crippen molar-refractivity contribution in [2.75, 3.05) is 14.2 Å². The van der Waals surface area contributed by atoms with Crippen LogP contribution < -0.4 is 4.74 Å². The molecule has 0 bridgehead atoms. The summed E-state index contributed by atoms with van der Waals surface area (Å²) in [5, 5.41) is 10.6. The molecule has 1 N–H and O–H groups in total. The molecule has 1 unspecified atom stereocenters. The molecule has 0 saturated carbocycles. The number of methoxy groups -OCH3 is 1. The molecule has 0 fully saturated rings. The third-order valence-corrected chi connectivity index (χ3v) is 3.44. The molecule has 1 rings (SSSR count). The predicted molar refractivity (Wildman–Crippen MR) is 75.5 cm³/mol. The van der Waals surface area contributed by atoms with Gasteiger partial charge in [0.05, 0.1) is 7.11 Å². The summed E-state index contributed by atoms with van der Waals surface area (Å²) < 4.78 is 5.10. The lowest BCUT2D eigenvalue weighted by atomic mass is 10.1. The van der Waals surface area contributed by atoms with E-state index < -0.39 is 0 Å². The molecule has 3 nitrogen and oxygen atoms in total. The quantitative estimate of drug-likeness (QED) is 0.857. The lowest BCUT2D eigenvalue weighted by molar-refractivity contribution is 0.233. The van der Waals surface area contributed by atoms with E-state index in [1.807, 2.05) is 7.05 Å². The molecule has 1 aromatic carbocycles. The molecular weight excluding hydrogens is 250 g/mol. The molecule has 0 heterocycles. The fourth-order valence-corrected chi connectivity index (χ4v) is 2.20. The second kappa shape index (κ2) is 6.86. The zero-order chi connectivity index (χ0) is 13.7. The fourth-order valence-electron chi connectivity index (χ4n) is 1.97. The summed E-state index contributed by atoms with van der Waals surface area (Å²) in [6.07, 6.45) is 2.28. The maximum atomic E-state index is 10.1. The highest BCUT2D eigenvalue weighted by atomic mass is 35.5. The Kier molecular flexibility index (Phi) is 5.76. The van der Waals surface area contributed by atoms with Gasteiger partial charge in [0.15, 0.2) is 11.5 Å². The molecule has 18 heavy (non-hydrogen) atoms. The lowest BCUT2D eigenvalue weighted by Crippen LogP contribution is -2.28. The Morgan fingerprint density at radius 2 is 2.11 bits per heavy atom. The Hall–Kier alpha value is -0.930. The maximum Gasteiger partial charge on any atom is 0.162 e. The first-order valence-electron chi connectivity index (χ1n) is 6.25. The number of hydrogen-bond donors (Lipinski definition) is 1. The van der Waals surface area contributed by atoms with E-state index in [-0.39, 0.29) is 5.75 Å². The van der Waals surface area contributed by atoms with E-state index in [9.17, 15) is 5.11 Å². The standard InChI is InChI=1S/C14H22ClNO2/c1-5-6-10(2)16(3)9-11-7-12(15)8-13(18-4)14(11)17/h7-8,10,17H,5-6,9H2,1-4H3. The molecule has 0 aliphatic carbocycles. The van der Waals surface area contributed by atoms with E-state index in [0.717, 1.165) is 18.4 Å². The molecule has 0 aromatic heterocycles. The minimum atomic E-state index is 0.178. The van der Waals surface area contributed by atoms with Crippen LogP contribution in [-0.2, 0) is 6.54 Å². The van der Waals surface area contributed by atoms with Crippen LogP contribution in [0.25, 0.3) is 0 Å². The molecule has 0 aliphatic heterocycles. The third-order valence-electron chi connectivity index (χ3n) is 3.22. The van der Waals surface area contributed by atoms with E-state index >= 15 is 0 Å². The minimum absolute atomic E-state index is 0.178. The van der Waals surface area contributed by atoms with Gasteiger partial charge in [-0.2, -0.15) is 0 Å². The molecule has 0 amide bonds. The van der Waals surface area contributed by atoms with Crippen molar-refractivity contribution < 1.29 is 9.84 Å². The number of rotatable bonds is 6. The van der Waals surface area contributed by atoms with Gasteiger partial charge >= 0.3 is 0 Å². The van der Waals surface area contributed by atoms with Gasteiger partial charge in [-0.15, -0.1) is 0 Å². The monoisotopic (exact) mass is 271 g/mol. The normalized spacial score (nSPS) is 12.8. The van der Waals surface area contributed by atoms with E-state index in [0.29, 0.717) is 23.4 Å². The maximum absolute atomic E-state index is 10.1. The lowest BCUT2D eigenvalue weighted by Gasteiger charge is -2.25. The number of nitrogens with zero attached hydrogens (tertiary/aromatic N) is 1. The van der Waals surface area contributed by atoms with Crippen LogP contribution >= 0.6 is 11.6 Å². The topological polar surface area (TPSA) is 32.7 Å². The van der Waals surface area contributed by atoms with Gasteiger partial charge in [0.25, 0.3) is 0 Å². The van der Waals surface area contributed by atoms with Crippen molar-refractivity contribution in [1.29, 1.82) is 0 Å². The summed E-state index contributed by atoms with van der Waals surface area (Å²) >= 11 is 6.02. The largest absolute Gasteiger partial charge is 0.504 e. The summed E-state index contributed by atoms with van der Waals surface area (Å²) in [7, 11) is 3.58. The first-order valence-corrected chi connectivity index (χ1v) is 6.63. The number of benzene rings is 1. The number of phenolic OH excluding ortho intramolecular Hbond substituents is 1. The van der Waals surface area contributed by atoms with Crippen molar-refractivity contribution in [3.8, 4) is 11.5 Å². The smallest absolute Gasteiger partial charge is 0.162 e. The van der Waals surface area contributed by atoms with E-state index in [2.05, 4.69) is 18.7 Å². The Balaban J connectivity index is 2.87. The predicted octanol–water partition coefficient (Wildman–Crippen LogP) is 3.67. The first-order chi connectivity index (χ1) is 8.49. The van der Waals surface area contributed by atoms with Gasteiger partial charge in [0, 0.05) is 29.2 Å². The Labute approximate surface area is 114 Å². The second-order valence-corrected chi connectivity index (χ2v) is 5.11. The number of halogens is 1. The zero-order valence-corrected chi connectivity index (χ0v) is 12.3. The van der Waals surface area contributed by atoms with Crippen LogP contribution in [0.2, 0.25) is 5.02 Å². The van der Waals surface area contributed by atoms with Crippen LogP contribution in [0.1, 0.15) is 32.3 Å². The van der Waals surface area contributed by atoms with Crippen molar-refractivity contribution in [2.45, 2.75) is 39.3 Å². The van der Waals surface area contributed by atoms with Crippen LogP contribution in [0.15, 0.2) is 12.1 Å². The summed E-state index contributed by atoms with van der Waals surface area (Å²) in [6.45, 7) is 5.01. The number of aromatic hydroxyl groups is 1. The average molecular weight is 272 g/mol. The highest BCUT2D eigenvalue weighted by Crippen LogP contribution is 2.34. The van der Waals surface area contributed by atoms with Crippen LogP contribution in [0.3, 0.4) is 0 Å². The van der Waals surface area contributed by atoms with Crippen LogP contribution in [-0.4, -0.2) is 30.2 Å². The van der Waals surface area contributed by atoms with E-state index in [1.54, 1.807) is 12.1 Å². The SMILES string of the molecule is CCCC(C)N(C)Cc1cc(Cl)cc(OC)c1O. The van der Waals surface area contributed by atoms with Gasteiger partial charge in [-0.25, -0.2) is 0 Å². The van der Waals surface area contributed by atoms with E-state index in [1.165, 1.54) is 7.11 Å². The van der Waals surface area contributed by atoms with Gasteiger partial charge in [0.2, 0.25) is 0 Å². The van der Waals surface area contributed by atoms with E-state index in [4.69, 9.17) is 16.3 Å². The molecule has 0 aliphatic rings. The van der Waals surface area contributed by atoms with Gasteiger partial charge in [-0.3, -0.25) is 4.90 Å². The average Bonchev–Trinajstić information content (AvgIpc) is 2.33. The number of phenols is 1. The van der Waals surface area contributed by atoms with Crippen LogP contribution in [0, 0.1) is 0 Å². The molecule has 0 radical (unpaired) electrons. The van der Waals surface area contributed by atoms with Crippen molar-refractivity contribution in [2.24, 2.45) is 0 Å². The summed E-state index contributed by atoms with van der Waals surface area (Å²) in [5.74, 6) is 0.603. The van der Waals surface area contributed by atoms with Crippen LogP contribution in [0.5, 0.6) is 11.5 Å². The number of hydrogen-bond acceptors (Lipinski definition) is 3. The van der Waals surface area contributed by atoms with Gasteiger partial charge in [0.1, 0.15) is 0 Å². The van der Waals surface area contributed by atoms with Crippen molar-refractivity contribution in [1.82, 2.24) is 4.90 Å². The highest BCUT2D eigenvalue weighted by Gasteiger charge is 2.14. The molecule has 1 aromatic rings. The summed E-state index contributed by atoms with van der Waals surface area (Å²) in [4.78, 5) is 2.20. The fraction of sp³-hybridized carbons (Fsp3) is 0.571. The number of ether oxygens (including phenoxy) is 1. The minimum Gasteiger partial charge on any atom is -0.504 e. The zero-order valence-electron chi connectivity index (χ0n) is 11.5. The Bertz CT molecular complexity index is 396. The molecule has 4 heteroatoms. The van der Waals surface area contributed by atoms with Crippen molar-refractivity contribution in [3.05, 3.63) is 22.7 Å². The molecule has 0 spiro atoms. The third kappa shape index (κ3) is 3.79. The van der Waals surface area contributed by atoms with Gasteiger partial charge < -0.3 is 9.84 Å². The summed E-state index contributed by atoms with van der Waals surface area (Å²) in [5.41, 5.74) is 0.796. The van der Waals surface area contributed by atoms with Crippen molar-refractivity contribution >= 4 is 11.6 Å². The Morgan fingerprint density at radius 3 is 2.67 bits per heavy atom. The highest BCUT2D eigenvalue weighted by molar-refractivity contribution is 6.30. The first kappa shape index (κ1) is 15.1. The molecular formula is C14H22ClNO2. The molecule has 0 saturated heterocycles. The Morgan fingerprint density at radius 1 is 1.44 bits per heavy atom. The van der Waals surface area contributed by atoms with Crippen LogP contribution in [0.4, 0.5) is 0 Å². The molecule has 1 atom stereocenters. The van der Waals surface area contributed by atoms with Gasteiger partial charge in [-0.05, 0) is 26.5 Å².